The predicted octanol–water partition coefficient (Wildman–Crippen LogP) is 8.58. The lowest BCUT2D eigenvalue weighted by Crippen LogP contribution is -2.57. The van der Waals surface area contributed by atoms with Crippen molar-refractivity contribution < 1.29 is 32.3 Å². The number of ether oxygens (including phenoxy) is 1. The van der Waals surface area contributed by atoms with Crippen LogP contribution in [0, 0.1) is 17.6 Å². The van der Waals surface area contributed by atoms with E-state index in [9.17, 15) is 23.2 Å². The number of hydrogen-bond donors (Lipinski definition) is 1. The summed E-state index contributed by atoms with van der Waals surface area (Å²) >= 11 is 0. The number of carbonyl (C=O) groups is 3. The summed E-state index contributed by atoms with van der Waals surface area (Å²) in [6.07, 6.45) is 1.15. The van der Waals surface area contributed by atoms with Crippen LogP contribution < -0.4 is 5.32 Å². The van der Waals surface area contributed by atoms with E-state index in [1.54, 1.807) is 17.0 Å². The van der Waals surface area contributed by atoms with Crippen molar-refractivity contribution >= 4 is 40.0 Å². The van der Waals surface area contributed by atoms with Gasteiger partial charge in [0, 0.05) is 49.8 Å². The van der Waals surface area contributed by atoms with Crippen LogP contribution in [0.1, 0.15) is 86.2 Å². The second-order valence-corrected chi connectivity index (χ2v) is 19.5. The summed E-state index contributed by atoms with van der Waals surface area (Å²) in [4.78, 5) is 41.9. The van der Waals surface area contributed by atoms with Crippen LogP contribution >= 0.6 is 12.4 Å². The smallest absolute Gasteiger partial charge is 0.407 e. The summed E-state index contributed by atoms with van der Waals surface area (Å²) in [5.41, 5.74) is 1.42. The Balaban J connectivity index is 0.000000432. The molecule has 306 valence electrons. The quantitative estimate of drug-likeness (QED) is 0.114. The lowest BCUT2D eigenvalue weighted by molar-refractivity contribution is 0.0201. The highest BCUT2D eigenvalue weighted by Gasteiger charge is 2.46. The van der Waals surface area contributed by atoms with E-state index >= 15 is 0 Å². The number of ketones is 1. The van der Waals surface area contributed by atoms with Crippen LogP contribution in [0.3, 0.4) is 0 Å². The van der Waals surface area contributed by atoms with Crippen molar-refractivity contribution in [2.45, 2.75) is 76.7 Å². The van der Waals surface area contributed by atoms with Crippen molar-refractivity contribution in [1.29, 1.82) is 0 Å². The van der Waals surface area contributed by atoms with Gasteiger partial charge in [-0.3, -0.25) is 9.59 Å². The zero-order chi connectivity index (χ0) is 40.5. The molecule has 8 nitrogen and oxygen atoms in total. The zero-order valence-electron chi connectivity index (χ0n) is 33.8. The van der Waals surface area contributed by atoms with Gasteiger partial charge in [0.1, 0.15) is 22.8 Å². The topological polar surface area (TPSA) is 88.2 Å². The van der Waals surface area contributed by atoms with E-state index in [4.69, 9.17) is 9.16 Å². The van der Waals surface area contributed by atoms with E-state index in [-0.39, 0.29) is 46.7 Å². The molecule has 12 heteroatoms. The average molecular weight is 820 g/mol. The normalized spacial score (nSPS) is 15.3. The predicted molar refractivity (Wildman–Crippen MR) is 226 cm³/mol. The molecular formula is C45H56ClF2N3O5Si. The minimum atomic E-state index is -1.11. The molecule has 0 unspecified atom stereocenters. The molecule has 57 heavy (non-hydrogen) atoms. The Morgan fingerprint density at radius 3 is 1.68 bits per heavy atom. The number of benzene rings is 4. The van der Waals surface area contributed by atoms with E-state index in [1.807, 2.05) is 57.2 Å². The molecule has 0 radical (unpaired) electrons. The number of nitrogens with zero attached hydrogens (tertiary/aromatic N) is 2. The largest absolute Gasteiger partial charge is 0.444 e. The maximum absolute atomic E-state index is 13.4. The molecule has 0 aromatic heterocycles. The fourth-order valence-electron chi connectivity index (χ4n) is 6.74. The molecule has 0 saturated carbocycles. The van der Waals surface area contributed by atoms with Crippen LogP contribution in [-0.2, 0) is 14.8 Å². The summed E-state index contributed by atoms with van der Waals surface area (Å²) < 4.78 is 38.8. The molecule has 0 bridgehead atoms. The maximum atomic E-state index is 13.4. The van der Waals surface area contributed by atoms with Gasteiger partial charge in [0.25, 0.3) is 5.91 Å². The van der Waals surface area contributed by atoms with Gasteiger partial charge in [0.2, 0.25) is 0 Å². The van der Waals surface area contributed by atoms with Crippen molar-refractivity contribution in [1.82, 2.24) is 15.1 Å². The van der Waals surface area contributed by atoms with Gasteiger partial charge in [0.05, 0.1) is 6.04 Å². The molecule has 0 spiro atoms. The third-order valence-electron chi connectivity index (χ3n) is 9.74. The van der Waals surface area contributed by atoms with Crippen molar-refractivity contribution in [3.8, 4) is 0 Å². The first-order valence-electron chi connectivity index (χ1n) is 19.4. The second kappa shape index (κ2) is 19.8. The lowest BCUT2D eigenvalue weighted by atomic mass is 9.78. The first-order chi connectivity index (χ1) is 26.5. The minimum Gasteiger partial charge on any atom is -0.444 e. The SMILES string of the molecule is CC(C)(C)OC(=O)N[C@@H](CCN1CC(C(=O)c2ccc(F)cc2)C1)C(O[SiH2]C(C)(C)C)(c1ccccc1)c1ccccc1.Cl.O=C(c1ccc(F)cc1)N1CCC1. The molecule has 0 aliphatic carbocycles. The first-order valence-corrected chi connectivity index (χ1v) is 20.6. The van der Waals surface area contributed by atoms with Gasteiger partial charge in [-0.15, -0.1) is 12.4 Å². The first kappa shape index (κ1) is 45.3. The zero-order valence-corrected chi connectivity index (χ0v) is 36.0. The number of likely N-dealkylation sites (tertiary alicyclic amines) is 2. The molecule has 2 amide bonds. The van der Waals surface area contributed by atoms with E-state index < -0.39 is 33.1 Å². The van der Waals surface area contributed by atoms with Crippen molar-refractivity contribution in [3.05, 3.63) is 143 Å². The Morgan fingerprint density at radius 2 is 1.25 bits per heavy atom. The Bertz CT molecular complexity index is 1860. The van der Waals surface area contributed by atoms with Crippen molar-refractivity contribution in [2.24, 2.45) is 5.92 Å². The molecule has 2 aliphatic rings. The summed E-state index contributed by atoms with van der Waals surface area (Å²) in [7, 11) is -1.11. The molecule has 1 atom stereocenters. The van der Waals surface area contributed by atoms with E-state index in [1.165, 1.54) is 36.4 Å². The molecule has 4 aromatic carbocycles. The lowest BCUT2D eigenvalue weighted by Gasteiger charge is -2.45. The van der Waals surface area contributed by atoms with Crippen LogP contribution in [0.15, 0.2) is 109 Å². The fraction of sp³-hybridized carbons (Fsp3) is 0.400. The molecule has 2 heterocycles. The van der Waals surface area contributed by atoms with Gasteiger partial charge in [-0.2, -0.15) is 0 Å². The summed E-state index contributed by atoms with van der Waals surface area (Å²) in [5.74, 6) is -0.763. The Labute approximate surface area is 344 Å². The average Bonchev–Trinajstić information content (AvgIpc) is 3.11. The highest BCUT2D eigenvalue weighted by molar-refractivity contribution is 6.32. The molecular weight excluding hydrogens is 764 g/mol. The van der Waals surface area contributed by atoms with E-state index in [2.05, 4.69) is 55.3 Å². The number of nitrogens with one attached hydrogen (secondary N) is 1. The van der Waals surface area contributed by atoms with Crippen molar-refractivity contribution in [3.63, 3.8) is 0 Å². The number of Topliss-reactive ketones (excluding diaryl/α,β-unsaturated/α-hetero) is 1. The summed E-state index contributed by atoms with van der Waals surface area (Å²) in [6.45, 7) is 15.6. The molecule has 6 rings (SSSR count). The van der Waals surface area contributed by atoms with E-state index in [0.717, 1.165) is 30.6 Å². The minimum absolute atomic E-state index is 0. The van der Waals surface area contributed by atoms with Crippen LogP contribution in [0.4, 0.5) is 13.6 Å². The highest BCUT2D eigenvalue weighted by Crippen LogP contribution is 2.41. The van der Waals surface area contributed by atoms with Crippen LogP contribution in [-0.4, -0.2) is 81.7 Å². The number of carbonyl (C=O) groups excluding carboxylic acids is 3. The van der Waals surface area contributed by atoms with Gasteiger partial charge < -0.3 is 24.3 Å². The molecule has 1 N–H and O–H groups in total. The number of rotatable bonds is 12. The molecule has 4 aromatic rings. The third kappa shape index (κ3) is 12.5. The monoisotopic (exact) mass is 819 g/mol. The van der Waals surface area contributed by atoms with Gasteiger partial charge >= 0.3 is 6.09 Å². The number of alkyl carbamates (subject to hydrolysis) is 1. The Morgan fingerprint density at radius 1 is 0.754 bits per heavy atom. The highest BCUT2D eigenvalue weighted by atomic mass is 35.5. The number of hydrogen-bond acceptors (Lipinski definition) is 6. The molecule has 2 saturated heterocycles. The van der Waals surface area contributed by atoms with Gasteiger partial charge in [0.15, 0.2) is 15.5 Å². The molecule has 2 aliphatic heterocycles. The Kier molecular flexibility index (Phi) is 15.7. The summed E-state index contributed by atoms with van der Waals surface area (Å²) in [5, 5.41) is 3.22. The maximum Gasteiger partial charge on any atom is 0.407 e. The van der Waals surface area contributed by atoms with Crippen LogP contribution in [0.2, 0.25) is 5.04 Å². The molecule has 2 fully saturated rings. The van der Waals surface area contributed by atoms with Gasteiger partial charge in [-0.1, -0.05) is 81.4 Å². The van der Waals surface area contributed by atoms with Gasteiger partial charge in [-0.05, 0) is 98.3 Å². The van der Waals surface area contributed by atoms with Crippen molar-refractivity contribution in [2.75, 3.05) is 32.7 Å². The summed E-state index contributed by atoms with van der Waals surface area (Å²) in [6, 6.07) is 31.2. The second-order valence-electron chi connectivity index (χ2n) is 16.8. The Hall–Kier alpha value is -4.42. The third-order valence-corrected chi connectivity index (χ3v) is 11.2. The van der Waals surface area contributed by atoms with Crippen LogP contribution in [0.25, 0.3) is 0 Å². The van der Waals surface area contributed by atoms with Gasteiger partial charge in [-0.25, -0.2) is 13.6 Å². The standard InChI is InChI=1S/C35H45FN2O4Si.C10H10FNO.ClH/c1-33(2,3)41-32(40)37-30(21-22-38-23-26(24-38)31(39)25-17-19-29(36)20-18-25)35(42-43-34(4,5)6,27-13-9-7-10-14-27)28-15-11-8-12-16-28;11-9-4-2-8(3-5-9)10(13)12-6-1-7-12;/h7-20,26,30H,21-24,43H2,1-6H3,(H,37,40);2-5H,1,6-7H2;1H/t30-;;/m0../s1. The number of amides is 2. The fourth-order valence-corrected chi connectivity index (χ4v) is 7.93. The number of halogens is 3. The van der Waals surface area contributed by atoms with Crippen LogP contribution in [0.5, 0.6) is 0 Å². The van der Waals surface area contributed by atoms with E-state index in [0.29, 0.717) is 37.2 Å².